The molecule has 0 fully saturated rings. The molecular formula is C13H17N3. The molecule has 0 aliphatic rings. The Morgan fingerprint density at radius 1 is 1.38 bits per heavy atom. The maximum absolute atomic E-state index is 5.69. The smallest absolute Gasteiger partial charge is 0.0838 e. The van der Waals surface area contributed by atoms with Crippen LogP contribution in [0, 0.1) is 0 Å². The minimum absolute atomic E-state index is 0.495. The van der Waals surface area contributed by atoms with Crippen LogP contribution in [-0.2, 0) is 13.1 Å². The Labute approximate surface area is 95.6 Å². The Morgan fingerprint density at radius 3 is 2.94 bits per heavy atom. The lowest BCUT2D eigenvalue weighted by Crippen LogP contribution is -2.02. The Hall–Kier alpha value is -1.61. The second-order valence-electron chi connectivity index (χ2n) is 3.82. The lowest BCUT2D eigenvalue weighted by Gasteiger charge is -2.01. The van der Waals surface area contributed by atoms with E-state index in [1.54, 1.807) is 0 Å². The third-order valence-electron chi connectivity index (χ3n) is 2.71. The van der Waals surface area contributed by atoms with Gasteiger partial charge in [-0.2, -0.15) is 5.10 Å². The van der Waals surface area contributed by atoms with Gasteiger partial charge in [-0.25, -0.2) is 0 Å². The summed E-state index contributed by atoms with van der Waals surface area (Å²) in [5.41, 5.74) is 7.85. The zero-order valence-corrected chi connectivity index (χ0v) is 9.39. The van der Waals surface area contributed by atoms with Gasteiger partial charge in [0.15, 0.2) is 0 Å². The summed E-state index contributed by atoms with van der Waals surface area (Å²) >= 11 is 0. The molecule has 0 amide bonds. The lowest BCUT2D eigenvalue weighted by atomic mass is 10.2. The predicted octanol–water partition coefficient (Wildman–Crippen LogP) is 2.46. The van der Waals surface area contributed by atoms with E-state index in [0.29, 0.717) is 6.54 Å². The van der Waals surface area contributed by atoms with Gasteiger partial charge < -0.3 is 5.73 Å². The number of benzene rings is 1. The van der Waals surface area contributed by atoms with Crippen molar-refractivity contribution in [2.45, 2.75) is 25.9 Å². The van der Waals surface area contributed by atoms with Crippen molar-refractivity contribution in [3.63, 3.8) is 0 Å². The summed E-state index contributed by atoms with van der Waals surface area (Å²) in [5.74, 6) is 0. The van der Waals surface area contributed by atoms with Gasteiger partial charge in [0.2, 0.25) is 0 Å². The number of rotatable bonds is 5. The standard InChI is InChI=1S/C13H17N3/c1-2-3-6-9-16-13-8-5-4-7-11(13)12(10-14)15-16/h2,4-5,7-8H,1,3,6,9-10,14H2. The molecule has 0 spiro atoms. The highest BCUT2D eigenvalue weighted by Crippen LogP contribution is 2.18. The van der Waals surface area contributed by atoms with E-state index in [2.05, 4.69) is 23.8 Å². The summed E-state index contributed by atoms with van der Waals surface area (Å²) in [6.45, 7) is 5.14. The molecule has 0 aliphatic carbocycles. The van der Waals surface area contributed by atoms with Crippen LogP contribution in [0.1, 0.15) is 18.5 Å². The first kappa shape index (κ1) is 10.9. The second kappa shape index (κ2) is 4.94. The minimum atomic E-state index is 0.495. The van der Waals surface area contributed by atoms with Crippen molar-refractivity contribution < 1.29 is 0 Å². The van der Waals surface area contributed by atoms with Crippen LogP contribution in [0.15, 0.2) is 36.9 Å². The Balaban J connectivity index is 2.33. The van der Waals surface area contributed by atoms with Crippen molar-refractivity contribution in [2.75, 3.05) is 0 Å². The summed E-state index contributed by atoms with van der Waals surface area (Å²) in [6.07, 6.45) is 4.03. The second-order valence-corrected chi connectivity index (χ2v) is 3.82. The molecule has 0 atom stereocenters. The number of aryl methyl sites for hydroxylation is 1. The van der Waals surface area contributed by atoms with Crippen molar-refractivity contribution in [3.05, 3.63) is 42.6 Å². The molecule has 3 nitrogen and oxygen atoms in total. The van der Waals surface area contributed by atoms with E-state index in [4.69, 9.17) is 5.73 Å². The summed E-state index contributed by atoms with van der Waals surface area (Å²) in [4.78, 5) is 0. The van der Waals surface area contributed by atoms with Crippen LogP contribution in [0.4, 0.5) is 0 Å². The minimum Gasteiger partial charge on any atom is -0.325 e. The van der Waals surface area contributed by atoms with Gasteiger partial charge >= 0.3 is 0 Å². The summed E-state index contributed by atoms with van der Waals surface area (Å²) in [7, 11) is 0. The molecule has 2 rings (SSSR count). The van der Waals surface area contributed by atoms with Gasteiger partial charge in [-0.3, -0.25) is 4.68 Å². The maximum Gasteiger partial charge on any atom is 0.0838 e. The normalized spacial score (nSPS) is 10.8. The molecule has 2 aromatic rings. The van der Waals surface area contributed by atoms with Crippen LogP contribution in [0.5, 0.6) is 0 Å². The largest absolute Gasteiger partial charge is 0.325 e. The van der Waals surface area contributed by atoms with E-state index in [0.717, 1.165) is 25.1 Å². The van der Waals surface area contributed by atoms with Crippen LogP contribution in [0.25, 0.3) is 10.9 Å². The third-order valence-corrected chi connectivity index (χ3v) is 2.71. The highest BCUT2D eigenvalue weighted by molar-refractivity contribution is 5.81. The zero-order chi connectivity index (χ0) is 11.4. The number of nitrogens with two attached hydrogens (primary N) is 1. The van der Waals surface area contributed by atoms with E-state index < -0.39 is 0 Å². The first-order valence-electron chi connectivity index (χ1n) is 5.62. The predicted molar refractivity (Wildman–Crippen MR) is 67.1 cm³/mol. The number of nitrogens with zero attached hydrogens (tertiary/aromatic N) is 2. The topological polar surface area (TPSA) is 43.8 Å². The van der Waals surface area contributed by atoms with Crippen molar-refractivity contribution in [3.8, 4) is 0 Å². The molecule has 3 heteroatoms. The van der Waals surface area contributed by atoms with Crippen molar-refractivity contribution >= 4 is 10.9 Å². The van der Waals surface area contributed by atoms with E-state index >= 15 is 0 Å². The van der Waals surface area contributed by atoms with Crippen molar-refractivity contribution in [1.29, 1.82) is 0 Å². The number of allylic oxidation sites excluding steroid dienone is 1. The monoisotopic (exact) mass is 215 g/mol. The number of unbranched alkanes of at least 4 members (excludes halogenated alkanes) is 1. The Kier molecular flexibility index (Phi) is 3.37. The molecule has 2 N–H and O–H groups in total. The molecule has 0 saturated heterocycles. The van der Waals surface area contributed by atoms with Crippen LogP contribution < -0.4 is 5.73 Å². The Bertz CT molecular complexity index is 485. The number of para-hydroxylation sites is 1. The lowest BCUT2D eigenvalue weighted by molar-refractivity contribution is 0.593. The van der Waals surface area contributed by atoms with Gasteiger partial charge in [0.1, 0.15) is 0 Å². The maximum atomic E-state index is 5.69. The summed E-state index contributed by atoms with van der Waals surface area (Å²) in [5, 5.41) is 5.71. The van der Waals surface area contributed by atoms with Gasteiger partial charge in [-0.05, 0) is 18.9 Å². The zero-order valence-electron chi connectivity index (χ0n) is 9.39. The molecule has 1 aromatic carbocycles. The quantitative estimate of drug-likeness (QED) is 0.615. The number of fused-ring (bicyclic) bond motifs is 1. The molecule has 84 valence electrons. The van der Waals surface area contributed by atoms with E-state index in [9.17, 15) is 0 Å². The van der Waals surface area contributed by atoms with E-state index in [-0.39, 0.29) is 0 Å². The Morgan fingerprint density at radius 2 is 2.19 bits per heavy atom. The number of hydrogen-bond donors (Lipinski definition) is 1. The summed E-state index contributed by atoms with van der Waals surface area (Å²) < 4.78 is 2.04. The van der Waals surface area contributed by atoms with Crippen LogP contribution in [-0.4, -0.2) is 9.78 Å². The first-order chi connectivity index (χ1) is 7.86. The molecule has 1 heterocycles. The third kappa shape index (κ3) is 1.99. The molecule has 0 saturated carbocycles. The molecule has 0 radical (unpaired) electrons. The summed E-state index contributed by atoms with van der Waals surface area (Å²) in [6, 6.07) is 8.23. The van der Waals surface area contributed by atoms with Crippen LogP contribution >= 0.6 is 0 Å². The van der Waals surface area contributed by atoms with Gasteiger partial charge in [0.05, 0.1) is 11.2 Å². The molecule has 16 heavy (non-hydrogen) atoms. The average Bonchev–Trinajstić information content (AvgIpc) is 2.68. The molecule has 0 unspecified atom stereocenters. The van der Waals surface area contributed by atoms with Gasteiger partial charge in [0.25, 0.3) is 0 Å². The molecular weight excluding hydrogens is 198 g/mol. The fourth-order valence-corrected chi connectivity index (χ4v) is 1.90. The van der Waals surface area contributed by atoms with Crippen molar-refractivity contribution in [2.24, 2.45) is 5.73 Å². The van der Waals surface area contributed by atoms with Crippen LogP contribution in [0.2, 0.25) is 0 Å². The van der Waals surface area contributed by atoms with Gasteiger partial charge in [-0.15, -0.1) is 6.58 Å². The number of hydrogen-bond acceptors (Lipinski definition) is 2. The SMILES string of the molecule is C=CCCCn1nc(CN)c2ccccc21. The van der Waals surface area contributed by atoms with Gasteiger partial charge in [0, 0.05) is 18.5 Å². The van der Waals surface area contributed by atoms with Crippen LogP contribution in [0.3, 0.4) is 0 Å². The fraction of sp³-hybridized carbons (Fsp3) is 0.308. The highest BCUT2D eigenvalue weighted by atomic mass is 15.3. The first-order valence-corrected chi connectivity index (χ1v) is 5.62. The van der Waals surface area contributed by atoms with E-state index in [1.807, 2.05) is 22.9 Å². The van der Waals surface area contributed by atoms with Gasteiger partial charge in [-0.1, -0.05) is 24.3 Å². The highest BCUT2D eigenvalue weighted by Gasteiger charge is 2.07. The van der Waals surface area contributed by atoms with E-state index in [1.165, 1.54) is 10.9 Å². The van der Waals surface area contributed by atoms with Crippen molar-refractivity contribution in [1.82, 2.24) is 9.78 Å². The molecule has 0 bridgehead atoms. The molecule has 1 aromatic heterocycles. The number of aromatic nitrogens is 2. The molecule has 0 aliphatic heterocycles. The fourth-order valence-electron chi connectivity index (χ4n) is 1.90. The average molecular weight is 215 g/mol.